The van der Waals surface area contributed by atoms with Gasteiger partial charge in [0.1, 0.15) is 4.21 Å². The summed E-state index contributed by atoms with van der Waals surface area (Å²) in [5.74, 6) is -0.147. The second kappa shape index (κ2) is 9.51. The number of benzene rings is 1. The van der Waals surface area contributed by atoms with Crippen LogP contribution in [0.5, 0.6) is 0 Å². The lowest BCUT2D eigenvalue weighted by molar-refractivity contribution is 0.0949. The van der Waals surface area contributed by atoms with Gasteiger partial charge >= 0.3 is 0 Å². The van der Waals surface area contributed by atoms with Crippen LogP contribution in [0.2, 0.25) is 0 Å². The van der Waals surface area contributed by atoms with Crippen molar-refractivity contribution in [1.29, 1.82) is 0 Å². The van der Waals surface area contributed by atoms with Gasteiger partial charge in [0.25, 0.3) is 15.9 Å². The zero-order valence-electron chi connectivity index (χ0n) is 15.9. The second-order valence-corrected chi connectivity index (χ2v) is 9.73. The van der Waals surface area contributed by atoms with Gasteiger partial charge in [0, 0.05) is 44.0 Å². The number of likely N-dealkylation sites (N-methyl/N-ethyl adjacent to an activating group) is 1. The molecule has 0 bridgehead atoms. The summed E-state index contributed by atoms with van der Waals surface area (Å²) in [6.07, 6.45) is 0.911. The molecule has 0 aliphatic carbocycles. The van der Waals surface area contributed by atoms with Crippen molar-refractivity contribution < 1.29 is 13.2 Å². The summed E-state index contributed by atoms with van der Waals surface area (Å²) >= 11 is 1.16. The quantitative estimate of drug-likeness (QED) is 0.635. The smallest absolute Gasteiger partial charge is 0.271 e. The molecule has 2 N–H and O–H groups in total. The first-order valence-electron chi connectivity index (χ1n) is 9.29. The van der Waals surface area contributed by atoms with Gasteiger partial charge in [0.15, 0.2) is 0 Å². The molecule has 28 heavy (non-hydrogen) atoms. The van der Waals surface area contributed by atoms with E-state index < -0.39 is 10.0 Å². The van der Waals surface area contributed by atoms with E-state index in [4.69, 9.17) is 0 Å². The minimum Gasteiger partial charge on any atom is -0.352 e. The Morgan fingerprint density at radius 2 is 1.82 bits per heavy atom. The van der Waals surface area contributed by atoms with Gasteiger partial charge in [-0.2, -0.15) is 0 Å². The Morgan fingerprint density at radius 1 is 1.11 bits per heavy atom. The summed E-state index contributed by atoms with van der Waals surface area (Å²) in [5, 5.41) is 4.64. The number of nitrogens with zero attached hydrogens (tertiary/aromatic N) is 2. The number of rotatable bonds is 8. The van der Waals surface area contributed by atoms with Gasteiger partial charge in [0.05, 0.1) is 0 Å². The van der Waals surface area contributed by atoms with Crippen molar-refractivity contribution in [2.45, 2.75) is 10.6 Å². The fourth-order valence-corrected chi connectivity index (χ4v) is 5.04. The molecule has 2 aromatic rings. The largest absolute Gasteiger partial charge is 0.352 e. The fraction of sp³-hybridized carbons (Fsp3) is 0.421. The SMILES string of the molecule is CN1CCN(CCCNC(=O)c2ccc(NS(=O)(=O)c3cccs3)cc2)CC1. The highest BCUT2D eigenvalue weighted by Crippen LogP contribution is 2.20. The molecule has 2 heterocycles. The van der Waals surface area contributed by atoms with Gasteiger partial charge in [-0.05, 0) is 55.7 Å². The molecule has 1 aliphatic heterocycles. The maximum absolute atomic E-state index is 12.3. The first-order chi connectivity index (χ1) is 13.4. The van der Waals surface area contributed by atoms with Crippen molar-refractivity contribution >= 4 is 33.0 Å². The van der Waals surface area contributed by atoms with Crippen molar-refractivity contribution in [3.8, 4) is 0 Å². The molecule has 7 nitrogen and oxygen atoms in total. The summed E-state index contributed by atoms with van der Waals surface area (Å²) in [6, 6.07) is 9.70. The van der Waals surface area contributed by atoms with Crippen LogP contribution >= 0.6 is 11.3 Å². The molecule has 1 aliphatic rings. The number of sulfonamides is 1. The third-order valence-electron chi connectivity index (χ3n) is 4.69. The molecule has 0 atom stereocenters. The van der Waals surface area contributed by atoms with Crippen molar-refractivity contribution in [3.63, 3.8) is 0 Å². The Kier molecular flexibility index (Phi) is 7.06. The Balaban J connectivity index is 1.43. The molecule has 9 heteroatoms. The van der Waals surface area contributed by atoms with Crippen LogP contribution < -0.4 is 10.0 Å². The average Bonchev–Trinajstić information content (AvgIpc) is 3.23. The molecule has 0 radical (unpaired) electrons. The minimum absolute atomic E-state index is 0.147. The van der Waals surface area contributed by atoms with E-state index >= 15 is 0 Å². The lowest BCUT2D eigenvalue weighted by Gasteiger charge is -2.32. The highest BCUT2D eigenvalue weighted by atomic mass is 32.2. The van der Waals surface area contributed by atoms with Crippen LogP contribution in [0.1, 0.15) is 16.8 Å². The third-order valence-corrected chi connectivity index (χ3v) is 7.47. The lowest BCUT2D eigenvalue weighted by Crippen LogP contribution is -2.45. The summed E-state index contributed by atoms with van der Waals surface area (Å²) in [5.41, 5.74) is 0.943. The predicted octanol–water partition coefficient (Wildman–Crippen LogP) is 1.92. The van der Waals surface area contributed by atoms with Crippen LogP contribution in [0.4, 0.5) is 5.69 Å². The van der Waals surface area contributed by atoms with Gasteiger partial charge in [-0.3, -0.25) is 9.52 Å². The van der Waals surface area contributed by atoms with E-state index in [1.807, 2.05) is 0 Å². The molecule has 0 unspecified atom stereocenters. The summed E-state index contributed by atoms with van der Waals surface area (Å²) < 4.78 is 27.2. The van der Waals surface area contributed by atoms with Crippen molar-refractivity contribution in [2.75, 3.05) is 51.0 Å². The Hall–Kier alpha value is -1.94. The van der Waals surface area contributed by atoms with Crippen LogP contribution in [0.25, 0.3) is 0 Å². The molecule has 152 valence electrons. The normalized spacial score (nSPS) is 16.0. The first-order valence-corrected chi connectivity index (χ1v) is 11.7. The van der Waals surface area contributed by atoms with E-state index in [-0.39, 0.29) is 10.1 Å². The van der Waals surface area contributed by atoms with Gasteiger partial charge < -0.3 is 15.1 Å². The number of carbonyl (C=O) groups excluding carboxylic acids is 1. The monoisotopic (exact) mass is 422 g/mol. The summed E-state index contributed by atoms with van der Waals surface area (Å²) in [4.78, 5) is 17.0. The standard InChI is InChI=1S/C19H26N4O3S2/c1-22-11-13-23(14-12-22)10-3-9-20-19(24)16-5-7-17(8-6-16)21-28(25,26)18-4-2-15-27-18/h2,4-8,15,21H,3,9-14H2,1H3,(H,20,24). The Morgan fingerprint density at radius 3 is 2.46 bits per heavy atom. The number of hydrogen-bond acceptors (Lipinski definition) is 6. The molecule has 1 amide bonds. The van der Waals surface area contributed by atoms with Crippen LogP contribution in [0, 0.1) is 0 Å². The van der Waals surface area contributed by atoms with Crippen molar-refractivity contribution in [3.05, 3.63) is 47.3 Å². The first kappa shape index (κ1) is 20.8. The second-order valence-electron chi connectivity index (χ2n) is 6.87. The molecular formula is C19H26N4O3S2. The van der Waals surface area contributed by atoms with Crippen LogP contribution in [0.3, 0.4) is 0 Å². The maximum Gasteiger partial charge on any atom is 0.271 e. The topological polar surface area (TPSA) is 81.8 Å². The molecular weight excluding hydrogens is 396 g/mol. The van der Waals surface area contributed by atoms with Gasteiger partial charge in [-0.1, -0.05) is 6.07 Å². The number of anilines is 1. The molecule has 1 saturated heterocycles. The number of thiophene rings is 1. The van der Waals surface area contributed by atoms with Gasteiger partial charge in [-0.25, -0.2) is 8.42 Å². The molecule has 1 aromatic carbocycles. The number of hydrogen-bond donors (Lipinski definition) is 2. The van der Waals surface area contributed by atoms with Crippen molar-refractivity contribution in [2.24, 2.45) is 0 Å². The molecule has 1 fully saturated rings. The Bertz CT molecular complexity index is 859. The van der Waals surface area contributed by atoms with E-state index in [9.17, 15) is 13.2 Å². The molecule has 3 rings (SSSR count). The number of piperazine rings is 1. The number of carbonyl (C=O) groups is 1. The fourth-order valence-electron chi connectivity index (χ4n) is 2.99. The van der Waals surface area contributed by atoms with E-state index in [1.165, 1.54) is 0 Å². The van der Waals surface area contributed by atoms with Crippen LogP contribution in [0.15, 0.2) is 46.0 Å². The van der Waals surface area contributed by atoms with Crippen LogP contribution in [-0.4, -0.2) is 70.4 Å². The molecule has 1 aromatic heterocycles. The van der Waals surface area contributed by atoms with E-state index in [2.05, 4.69) is 26.9 Å². The summed E-state index contributed by atoms with van der Waals surface area (Å²) in [7, 11) is -1.44. The van der Waals surface area contributed by atoms with E-state index in [1.54, 1.807) is 41.8 Å². The molecule has 0 spiro atoms. The molecule has 0 saturated carbocycles. The third kappa shape index (κ3) is 5.78. The number of amides is 1. The van der Waals surface area contributed by atoms with Gasteiger partial charge in [0.2, 0.25) is 0 Å². The van der Waals surface area contributed by atoms with Crippen molar-refractivity contribution in [1.82, 2.24) is 15.1 Å². The van der Waals surface area contributed by atoms with Crippen LogP contribution in [-0.2, 0) is 10.0 Å². The van der Waals surface area contributed by atoms with Gasteiger partial charge in [-0.15, -0.1) is 11.3 Å². The summed E-state index contributed by atoms with van der Waals surface area (Å²) in [6.45, 7) is 5.94. The lowest BCUT2D eigenvalue weighted by atomic mass is 10.2. The van der Waals surface area contributed by atoms with E-state index in [0.29, 0.717) is 17.8 Å². The van der Waals surface area contributed by atoms with E-state index in [0.717, 1.165) is 50.5 Å². The Labute approximate surface area is 170 Å². The number of nitrogens with one attached hydrogen (secondary N) is 2. The highest BCUT2D eigenvalue weighted by molar-refractivity contribution is 7.94. The highest BCUT2D eigenvalue weighted by Gasteiger charge is 2.16. The zero-order chi connectivity index (χ0) is 20.0. The average molecular weight is 423 g/mol. The maximum atomic E-state index is 12.3. The zero-order valence-corrected chi connectivity index (χ0v) is 17.6. The minimum atomic E-state index is -3.57. The predicted molar refractivity (Wildman–Crippen MR) is 112 cm³/mol.